The van der Waals surface area contributed by atoms with E-state index in [1.807, 2.05) is 0 Å². The van der Waals surface area contributed by atoms with E-state index in [1.54, 1.807) is 0 Å². The van der Waals surface area contributed by atoms with Crippen LogP contribution >= 0.6 is 0 Å². The number of nitrogens with one attached hydrogen (secondary N) is 2. The van der Waals surface area contributed by atoms with Crippen LogP contribution in [0.25, 0.3) is 0 Å². The van der Waals surface area contributed by atoms with Gasteiger partial charge in [-0.15, -0.1) is 0 Å². The van der Waals surface area contributed by atoms with E-state index in [0.717, 1.165) is 0 Å². The lowest BCUT2D eigenvalue weighted by molar-refractivity contribution is -0.137. The van der Waals surface area contributed by atoms with Crippen molar-refractivity contribution in [3.63, 3.8) is 0 Å². The molecule has 0 radical (unpaired) electrons. The van der Waals surface area contributed by atoms with Gasteiger partial charge in [0.15, 0.2) is 5.78 Å². The molecule has 0 rings (SSSR count). The predicted molar refractivity (Wildman–Crippen MR) is 55.8 cm³/mol. The van der Waals surface area contributed by atoms with Crippen molar-refractivity contribution in [2.45, 2.75) is 25.2 Å². The maximum atomic E-state index is 11.5. The van der Waals surface area contributed by atoms with Gasteiger partial charge >= 0.3 is 0 Å². The Morgan fingerprint density at radius 1 is 1.35 bits per heavy atom. The summed E-state index contributed by atoms with van der Waals surface area (Å²) in [4.78, 5) is 32.6. The third-order valence-corrected chi connectivity index (χ3v) is 1.95. The van der Waals surface area contributed by atoms with Gasteiger partial charge < -0.3 is 26.0 Å². The second kappa shape index (κ2) is 7.71. The van der Waals surface area contributed by atoms with Crippen LogP contribution in [0.15, 0.2) is 0 Å². The Hall–Kier alpha value is -1.51. The first-order chi connectivity index (χ1) is 7.93. The number of rotatable bonds is 8. The zero-order valence-corrected chi connectivity index (χ0v) is 9.29. The fourth-order valence-corrected chi connectivity index (χ4v) is 1.09. The number of Topliss-reactive ketones (excluding diaryl/α,β-unsaturated/α-hetero) is 1. The lowest BCUT2D eigenvalue weighted by atomic mass is 10.0. The van der Waals surface area contributed by atoms with Crippen molar-refractivity contribution in [1.29, 1.82) is 0 Å². The summed E-state index contributed by atoms with van der Waals surface area (Å²) in [5.74, 6) is -1.59. The van der Waals surface area contributed by atoms with E-state index < -0.39 is 36.5 Å². The number of carbonyl (C=O) groups excluding carboxylic acids is 3. The predicted octanol–water partition coefficient (Wildman–Crippen LogP) is -3.48. The normalized spacial score (nSPS) is 15.5. The molecule has 3 atom stereocenters. The van der Waals surface area contributed by atoms with Crippen LogP contribution in [0.4, 0.5) is 0 Å². The molecule has 5 N–H and O–H groups in total. The van der Waals surface area contributed by atoms with Crippen LogP contribution in [-0.4, -0.2) is 64.8 Å². The minimum atomic E-state index is -1.67. The highest BCUT2D eigenvalue weighted by atomic mass is 16.3. The lowest BCUT2D eigenvalue weighted by Gasteiger charge is -2.22. The zero-order valence-electron chi connectivity index (χ0n) is 9.29. The van der Waals surface area contributed by atoms with Crippen molar-refractivity contribution in [2.75, 3.05) is 13.2 Å². The summed E-state index contributed by atoms with van der Waals surface area (Å²) in [5, 5.41) is 31.2. The molecule has 0 heterocycles. The van der Waals surface area contributed by atoms with Gasteiger partial charge in [-0.25, -0.2) is 0 Å². The van der Waals surface area contributed by atoms with Gasteiger partial charge in [0.25, 0.3) is 0 Å². The highest BCUT2D eigenvalue weighted by molar-refractivity contribution is 5.93. The van der Waals surface area contributed by atoms with Crippen molar-refractivity contribution >= 4 is 18.1 Å². The van der Waals surface area contributed by atoms with E-state index in [4.69, 9.17) is 10.2 Å². The first-order valence-corrected chi connectivity index (χ1v) is 4.91. The second-order valence-corrected chi connectivity index (χ2v) is 3.39. The maximum Gasteiger partial charge on any atom is 0.240 e. The number of ketones is 1. The second-order valence-electron chi connectivity index (χ2n) is 3.39. The number of aliphatic hydroxyl groups is 3. The summed E-state index contributed by atoms with van der Waals surface area (Å²) < 4.78 is 0. The smallest absolute Gasteiger partial charge is 0.240 e. The Morgan fingerprint density at radius 3 is 2.35 bits per heavy atom. The molecule has 8 nitrogen and oxygen atoms in total. The monoisotopic (exact) mass is 248 g/mol. The average Bonchev–Trinajstić information content (AvgIpc) is 2.31. The molecule has 0 saturated heterocycles. The number of carbonyl (C=O) groups is 3. The first-order valence-electron chi connectivity index (χ1n) is 4.91. The molecule has 0 saturated carbocycles. The molecule has 0 aliphatic heterocycles. The van der Waals surface area contributed by atoms with Crippen molar-refractivity contribution < 1.29 is 29.7 Å². The summed E-state index contributed by atoms with van der Waals surface area (Å²) in [6, 6.07) is -1.34. The third kappa shape index (κ3) is 5.38. The van der Waals surface area contributed by atoms with Crippen LogP contribution in [0.2, 0.25) is 0 Å². The Balaban J connectivity index is 4.48. The van der Waals surface area contributed by atoms with Gasteiger partial charge in [-0.2, -0.15) is 0 Å². The number of amides is 2. The highest BCUT2D eigenvalue weighted by Crippen LogP contribution is 1.99. The van der Waals surface area contributed by atoms with Crippen molar-refractivity contribution in [1.82, 2.24) is 10.6 Å². The van der Waals surface area contributed by atoms with Crippen LogP contribution in [0, 0.1) is 0 Å². The fraction of sp³-hybridized carbons (Fsp3) is 0.667. The van der Waals surface area contributed by atoms with Crippen molar-refractivity contribution in [2.24, 2.45) is 0 Å². The molecule has 17 heavy (non-hydrogen) atoms. The Morgan fingerprint density at radius 2 is 1.94 bits per heavy atom. The highest BCUT2D eigenvalue weighted by Gasteiger charge is 2.29. The van der Waals surface area contributed by atoms with Crippen LogP contribution < -0.4 is 10.6 Å². The van der Waals surface area contributed by atoms with Gasteiger partial charge in [-0.3, -0.25) is 14.4 Å². The van der Waals surface area contributed by atoms with E-state index in [0.29, 0.717) is 6.41 Å². The topological polar surface area (TPSA) is 136 Å². The number of hydrogen-bond acceptors (Lipinski definition) is 6. The van der Waals surface area contributed by atoms with E-state index in [-0.39, 0.29) is 6.54 Å². The zero-order chi connectivity index (χ0) is 13.4. The number of aliphatic hydroxyl groups excluding tert-OH is 3. The van der Waals surface area contributed by atoms with E-state index in [2.05, 4.69) is 10.6 Å². The van der Waals surface area contributed by atoms with Gasteiger partial charge in [-0.1, -0.05) is 0 Å². The minimum absolute atomic E-state index is 0.307. The Bertz CT molecular complexity index is 281. The Labute approximate surface area is 97.6 Å². The molecular weight excluding hydrogens is 232 g/mol. The van der Waals surface area contributed by atoms with Crippen molar-refractivity contribution in [3.05, 3.63) is 0 Å². The lowest BCUT2D eigenvalue weighted by Crippen LogP contribution is -2.53. The van der Waals surface area contributed by atoms with Gasteiger partial charge in [0.05, 0.1) is 19.3 Å². The van der Waals surface area contributed by atoms with E-state index in [1.165, 1.54) is 6.92 Å². The summed E-state index contributed by atoms with van der Waals surface area (Å²) in [6.07, 6.45) is -2.60. The standard InChI is InChI=1S/C9H16N2O6/c1-5(14)8(9(17)6(15)3-12)11-7(16)2-10-4-13/h4-6,8,12,14-15H,2-3H2,1H3,(H,10,13)(H,11,16)/t5-,6+,8-/m1/s1. The molecule has 0 unspecified atom stereocenters. The molecule has 0 aliphatic rings. The summed E-state index contributed by atoms with van der Waals surface area (Å²) in [7, 11) is 0. The molecule has 0 fully saturated rings. The Kier molecular flexibility index (Phi) is 7.03. The van der Waals surface area contributed by atoms with Gasteiger partial charge in [0.2, 0.25) is 12.3 Å². The third-order valence-electron chi connectivity index (χ3n) is 1.95. The first kappa shape index (κ1) is 15.5. The molecule has 8 heteroatoms. The molecule has 2 amide bonds. The van der Waals surface area contributed by atoms with Crippen LogP contribution in [0.5, 0.6) is 0 Å². The summed E-state index contributed by atoms with van der Waals surface area (Å²) in [5.41, 5.74) is 0. The molecule has 0 aliphatic carbocycles. The fourth-order valence-electron chi connectivity index (χ4n) is 1.09. The molecule has 0 bridgehead atoms. The van der Waals surface area contributed by atoms with E-state index >= 15 is 0 Å². The van der Waals surface area contributed by atoms with Gasteiger partial charge in [0.1, 0.15) is 12.1 Å². The molecule has 0 spiro atoms. The maximum absolute atomic E-state index is 11.5. The quantitative estimate of drug-likeness (QED) is 0.283. The van der Waals surface area contributed by atoms with Crippen LogP contribution in [0.3, 0.4) is 0 Å². The SMILES string of the molecule is C[C@@H](O)[C@@H](NC(=O)CNC=O)C(=O)[C@@H](O)CO. The van der Waals surface area contributed by atoms with Gasteiger partial charge in [-0.05, 0) is 6.92 Å². The molecule has 0 aromatic carbocycles. The van der Waals surface area contributed by atoms with Crippen LogP contribution in [-0.2, 0) is 14.4 Å². The average molecular weight is 248 g/mol. The largest absolute Gasteiger partial charge is 0.393 e. The molecule has 98 valence electrons. The summed E-state index contributed by atoms with van der Waals surface area (Å²) in [6.45, 7) is 0.0970. The molecule has 0 aromatic rings. The summed E-state index contributed by atoms with van der Waals surface area (Å²) >= 11 is 0. The number of hydrogen-bond donors (Lipinski definition) is 5. The van der Waals surface area contributed by atoms with Crippen molar-refractivity contribution in [3.8, 4) is 0 Å². The van der Waals surface area contributed by atoms with E-state index in [9.17, 15) is 19.5 Å². The molecule has 0 aromatic heterocycles. The van der Waals surface area contributed by atoms with Gasteiger partial charge in [0, 0.05) is 0 Å². The minimum Gasteiger partial charge on any atom is -0.393 e. The molecular formula is C9H16N2O6. The van der Waals surface area contributed by atoms with Crippen LogP contribution in [0.1, 0.15) is 6.92 Å².